The first-order valence-electron chi connectivity index (χ1n) is 5.40. The normalized spacial score (nSPS) is 18.6. The number of carbonyl (C=O) groups excluding carboxylic acids is 1. The molecule has 0 fully saturated rings. The molecule has 0 saturated heterocycles. The van der Waals surface area contributed by atoms with E-state index in [1.54, 1.807) is 23.5 Å². The molecule has 2 heterocycles. The summed E-state index contributed by atoms with van der Waals surface area (Å²) in [7, 11) is 0. The maximum atomic E-state index is 11.6. The number of aromatic hydroxyl groups is 1. The fraction of sp³-hybridized carbons (Fsp3) is 0.154. The van der Waals surface area contributed by atoms with Crippen LogP contribution in [0.15, 0.2) is 35.7 Å². The van der Waals surface area contributed by atoms with Crippen LogP contribution in [0.4, 0.5) is 5.69 Å². The minimum absolute atomic E-state index is 0.0500. The topological polar surface area (TPSA) is 49.3 Å². The van der Waals surface area contributed by atoms with Crippen molar-refractivity contribution in [2.45, 2.75) is 12.3 Å². The lowest BCUT2D eigenvalue weighted by atomic mass is 9.91. The van der Waals surface area contributed by atoms with E-state index < -0.39 is 0 Å². The molecular weight excluding hydrogens is 234 g/mol. The second kappa shape index (κ2) is 3.89. The van der Waals surface area contributed by atoms with Gasteiger partial charge in [-0.05, 0) is 29.1 Å². The Morgan fingerprint density at radius 2 is 2.00 bits per heavy atom. The Morgan fingerprint density at radius 1 is 1.24 bits per heavy atom. The molecule has 0 saturated carbocycles. The number of benzene rings is 1. The van der Waals surface area contributed by atoms with Crippen molar-refractivity contribution >= 4 is 22.9 Å². The number of thiophene rings is 1. The lowest BCUT2D eigenvalue weighted by Crippen LogP contribution is -2.21. The zero-order valence-electron chi connectivity index (χ0n) is 9.01. The van der Waals surface area contributed by atoms with Gasteiger partial charge in [0.25, 0.3) is 0 Å². The predicted molar refractivity (Wildman–Crippen MR) is 67.5 cm³/mol. The van der Waals surface area contributed by atoms with E-state index in [0.29, 0.717) is 6.42 Å². The number of amides is 1. The second-order valence-electron chi connectivity index (χ2n) is 4.09. The molecule has 1 atom stereocenters. The summed E-state index contributed by atoms with van der Waals surface area (Å²) < 4.78 is 0. The van der Waals surface area contributed by atoms with Crippen LogP contribution in [0.5, 0.6) is 5.75 Å². The lowest BCUT2D eigenvalue weighted by molar-refractivity contribution is -0.116. The molecule has 3 rings (SSSR count). The van der Waals surface area contributed by atoms with Crippen LogP contribution in [-0.4, -0.2) is 11.0 Å². The third-order valence-electron chi connectivity index (χ3n) is 2.97. The van der Waals surface area contributed by atoms with Gasteiger partial charge in [0.2, 0.25) is 5.91 Å². The van der Waals surface area contributed by atoms with E-state index in [2.05, 4.69) is 5.32 Å². The Bertz CT molecular complexity index is 559. The molecule has 2 N–H and O–H groups in total. The summed E-state index contributed by atoms with van der Waals surface area (Å²) in [6.45, 7) is 0. The van der Waals surface area contributed by atoms with Gasteiger partial charge in [0, 0.05) is 17.2 Å². The maximum Gasteiger partial charge on any atom is 0.225 e. The highest BCUT2D eigenvalue weighted by molar-refractivity contribution is 7.10. The van der Waals surface area contributed by atoms with Crippen LogP contribution >= 0.6 is 11.3 Å². The fourth-order valence-electron chi connectivity index (χ4n) is 2.15. The van der Waals surface area contributed by atoms with Crippen molar-refractivity contribution in [3.05, 3.63) is 46.2 Å². The first-order chi connectivity index (χ1) is 8.24. The van der Waals surface area contributed by atoms with Gasteiger partial charge < -0.3 is 10.4 Å². The van der Waals surface area contributed by atoms with Gasteiger partial charge in [-0.2, -0.15) is 0 Å². The highest BCUT2D eigenvalue weighted by atomic mass is 32.1. The summed E-state index contributed by atoms with van der Waals surface area (Å²) in [6, 6.07) is 9.01. The Balaban J connectivity index is 2.04. The molecule has 1 aromatic heterocycles. The van der Waals surface area contributed by atoms with Gasteiger partial charge in [-0.1, -0.05) is 12.1 Å². The second-order valence-corrected chi connectivity index (χ2v) is 5.04. The number of hydrogen-bond donors (Lipinski definition) is 2. The van der Waals surface area contributed by atoms with Crippen LogP contribution in [0.2, 0.25) is 0 Å². The van der Waals surface area contributed by atoms with Gasteiger partial charge in [-0.15, -0.1) is 11.3 Å². The average molecular weight is 245 g/mol. The van der Waals surface area contributed by atoms with E-state index in [1.165, 1.54) is 4.88 Å². The molecule has 1 aliphatic rings. The van der Waals surface area contributed by atoms with Crippen molar-refractivity contribution < 1.29 is 9.90 Å². The predicted octanol–water partition coefficient (Wildman–Crippen LogP) is 2.93. The van der Waals surface area contributed by atoms with Crippen molar-refractivity contribution in [1.29, 1.82) is 0 Å². The molecule has 1 aromatic carbocycles. The van der Waals surface area contributed by atoms with E-state index in [4.69, 9.17) is 0 Å². The molecule has 2 aromatic rings. The van der Waals surface area contributed by atoms with Gasteiger partial charge in [0.15, 0.2) is 0 Å². The third-order valence-corrected chi connectivity index (χ3v) is 4.00. The van der Waals surface area contributed by atoms with Crippen LogP contribution in [0.3, 0.4) is 0 Å². The first-order valence-corrected chi connectivity index (χ1v) is 6.28. The quantitative estimate of drug-likeness (QED) is 0.811. The van der Waals surface area contributed by atoms with Crippen molar-refractivity contribution in [3.63, 3.8) is 0 Å². The molecule has 0 bridgehead atoms. The summed E-state index contributed by atoms with van der Waals surface area (Å²) in [6.07, 6.45) is 0.471. The van der Waals surface area contributed by atoms with Crippen LogP contribution in [0.1, 0.15) is 22.8 Å². The minimum atomic E-state index is 0.0500. The Labute approximate surface area is 103 Å². The van der Waals surface area contributed by atoms with Gasteiger partial charge in [0.05, 0.1) is 5.69 Å². The van der Waals surface area contributed by atoms with E-state index in [-0.39, 0.29) is 17.6 Å². The van der Waals surface area contributed by atoms with E-state index in [1.807, 2.05) is 23.6 Å². The Hall–Kier alpha value is -1.81. The van der Waals surface area contributed by atoms with Crippen LogP contribution in [-0.2, 0) is 4.79 Å². The minimum Gasteiger partial charge on any atom is -0.508 e. The van der Waals surface area contributed by atoms with E-state index in [9.17, 15) is 9.90 Å². The molecule has 0 unspecified atom stereocenters. The van der Waals surface area contributed by atoms with Crippen LogP contribution in [0.25, 0.3) is 0 Å². The molecule has 86 valence electrons. The summed E-state index contributed by atoms with van der Waals surface area (Å²) in [5.41, 5.74) is 1.99. The smallest absolute Gasteiger partial charge is 0.225 e. The van der Waals surface area contributed by atoms with E-state index >= 15 is 0 Å². The largest absolute Gasteiger partial charge is 0.508 e. The summed E-state index contributed by atoms with van der Waals surface area (Å²) in [5, 5.41) is 14.1. The van der Waals surface area contributed by atoms with Gasteiger partial charge >= 0.3 is 0 Å². The number of phenolic OH excluding ortho intramolecular Hbond substituents is 1. The Morgan fingerprint density at radius 3 is 2.76 bits per heavy atom. The first kappa shape index (κ1) is 10.4. The molecule has 17 heavy (non-hydrogen) atoms. The number of phenols is 1. The van der Waals surface area contributed by atoms with Gasteiger partial charge in [-0.25, -0.2) is 0 Å². The number of nitrogens with one attached hydrogen (secondary N) is 1. The van der Waals surface area contributed by atoms with Crippen LogP contribution < -0.4 is 5.32 Å². The number of carbonyl (C=O) groups is 1. The number of fused-ring (bicyclic) bond motifs is 1. The van der Waals surface area contributed by atoms with Gasteiger partial charge in [-0.3, -0.25) is 4.79 Å². The molecule has 0 radical (unpaired) electrons. The molecule has 1 amide bonds. The van der Waals surface area contributed by atoms with Crippen molar-refractivity contribution in [2.75, 3.05) is 5.32 Å². The van der Waals surface area contributed by atoms with Crippen molar-refractivity contribution in [2.24, 2.45) is 0 Å². The molecule has 3 nitrogen and oxygen atoms in total. The van der Waals surface area contributed by atoms with Gasteiger partial charge in [0.1, 0.15) is 5.75 Å². The summed E-state index contributed by atoms with van der Waals surface area (Å²) in [4.78, 5) is 12.8. The van der Waals surface area contributed by atoms with Crippen molar-refractivity contribution in [3.8, 4) is 5.75 Å². The van der Waals surface area contributed by atoms with Crippen molar-refractivity contribution in [1.82, 2.24) is 0 Å². The molecule has 4 heteroatoms. The molecule has 0 spiro atoms. The zero-order chi connectivity index (χ0) is 11.8. The summed E-state index contributed by atoms with van der Waals surface area (Å²) >= 11 is 1.66. The monoisotopic (exact) mass is 245 g/mol. The molecular formula is C13H11NO2S. The Kier molecular flexibility index (Phi) is 2.37. The zero-order valence-corrected chi connectivity index (χ0v) is 9.83. The number of hydrogen-bond acceptors (Lipinski definition) is 3. The average Bonchev–Trinajstić information content (AvgIpc) is 2.77. The SMILES string of the molecule is O=C1C[C@@H](c2ccc(O)cc2)c2sccc2N1. The maximum absolute atomic E-state index is 11.6. The van der Waals surface area contributed by atoms with Crippen LogP contribution in [0, 0.1) is 0 Å². The highest BCUT2D eigenvalue weighted by Crippen LogP contribution is 2.40. The standard InChI is InChI=1S/C13H11NO2S/c15-9-3-1-8(2-4-9)10-7-12(16)14-11-5-6-17-13(10)11/h1-6,10,15H,7H2,(H,14,16)/t10-/m0/s1. The van der Waals surface area contributed by atoms with E-state index in [0.717, 1.165) is 11.3 Å². The molecule has 1 aliphatic heterocycles. The lowest BCUT2D eigenvalue weighted by Gasteiger charge is -2.22. The molecule has 0 aliphatic carbocycles. The fourth-order valence-corrected chi connectivity index (χ4v) is 3.13. The third kappa shape index (κ3) is 1.80. The summed E-state index contributed by atoms with van der Waals surface area (Å²) in [5.74, 6) is 0.411. The number of rotatable bonds is 1. The highest BCUT2D eigenvalue weighted by Gasteiger charge is 2.27. The number of anilines is 1.